The Bertz CT molecular complexity index is 241. The molecular weight excluding hydrogens is 204 g/mol. The van der Waals surface area contributed by atoms with Crippen molar-refractivity contribution in [1.29, 1.82) is 0 Å². The zero-order chi connectivity index (χ0) is 11.4. The molecule has 2 unspecified atom stereocenters. The van der Waals surface area contributed by atoms with E-state index in [-0.39, 0.29) is 12.5 Å². The van der Waals surface area contributed by atoms with Gasteiger partial charge in [0.1, 0.15) is 0 Å². The van der Waals surface area contributed by atoms with Crippen LogP contribution in [0.15, 0.2) is 0 Å². The van der Waals surface area contributed by atoms with E-state index in [2.05, 4.69) is 10.6 Å². The van der Waals surface area contributed by atoms with Gasteiger partial charge in [0, 0.05) is 18.7 Å². The van der Waals surface area contributed by atoms with Crippen LogP contribution in [0.3, 0.4) is 0 Å². The maximum absolute atomic E-state index is 11.5. The maximum Gasteiger partial charge on any atom is 0.234 e. The standard InChI is InChI=1S/C12H22N2O2/c15-8-9-3-1-2-4-11(9)13-7-12(16)14-10-5-6-10/h9-11,13,15H,1-8H2,(H,14,16). The van der Waals surface area contributed by atoms with Crippen LogP contribution < -0.4 is 10.6 Å². The number of amides is 1. The Morgan fingerprint density at radius 1 is 1.19 bits per heavy atom. The first-order valence-electron chi connectivity index (χ1n) is 6.43. The lowest BCUT2D eigenvalue weighted by molar-refractivity contribution is -0.120. The van der Waals surface area contributed by atoms with Gasteiger partial charge in [-0.1, -0.05) is 12.8 Å². The van der Waals surface area contributed by atoms with Crippen molar-refractivity contribution in [3.63, 3.8) is 0 Å². The van der Waals surface area contributed by atoms with Crippen LogP contribution in [0, 0.1) is 5.92 Å². The number of aliphatic hydroxyl groups is 1. The summed E-state index contributed by atoms with van der Waals surface area (Å²) in [5.74, 6) is 0.437. The number of rotatable bonds is 5. The number of hydrogen-bond donors (Lipinski definition) is 3. The summed E-state index contributed by atoms with van der Waals surface area (Å²) in [6.07, 6.45) is 6.85. The summed E-state index contributed by atoms with van der Waals surface area (Å²) in [6, 6.07) is 0.762. The van der Waals surface area contributed by atoms with Crippen LogP contribution in [0.2, 0.25) is 0 Å². The zero-order valence-electron chi connectivity index (χ0n) is 9.74. The van der Waals surface area contributed by atoms with Crippen LogP contribution >= 0.6 is 0 Å². The first-order valence-corrected chi connectivity index (χ1v) is 6.43. The topological polar surface area (TPSA) is 61.4 Å². The second kappa shape index (κ2) is 5.64. The Balaban J connectivity index is 1.68. The van der Waals surface area contributed by atoms with Crippen molar-refractivity contribution in [1.82, 2.24) is 10.6 Å². The van der Waals surface area contributed by atoms with Crippen LogP contribution in [0.1, 0.15) is 38.5 Å². The summed E-state index contributed by atoms with van der Waals surface area (Å²) in [7, 11) is 0. The van der Waals surface area contributed by atoms with Crippen LogP contribution in [0.25, 0.3) is 0 Å². The largest absolute Gasteiger partial charge is 0.396 e. The van der Waals surface area contributed by atoms with E-state index in [0.717, 1.165) is 25.7 Å². The van der Waals surface area contributed by atoms with Gasteiger partial charge >= 0.3 is 0 Å². The third-order valence-electron chi connectivity index (χ3n) is 3.61. The monoisotopic (exact) mass is 226 g/mol. The second-order valence-electron chi connectivity index (χ2n) is 5.06. The SMILES string of the molecule is O=C(CNC1CCCCC1CO)NC1CC1. The fraction of sp³-hybridized carbons (Fsp3) is 0.917. The highest BCUT2D eigenvalue weighted by atomic mass is 16.3. The number of nitrogens with one attached hydrogen (secondary N) is 2. The van der Waals surface area contributed by atoms with E-state index in [1.165, 1.54) is 12.8 Å². The number of hydrogen-bond acceptors (Lipinski definition) is 3. The van der Waals surface area contributed by atoms with E-state index in [0.29, 0.717) is 24.5 Å². The van der Waals surface area contributed by atoms with E-state index in [9.17, 15) is 9.90 Å². The van der Waals surface area contributed by atoms with Gasteiger partial charge in [-0.15, -0.1) is 0 Å². The van der Waals surface area contributed by atoms with Crippen molar-refractivity contribution >= 4 is 5.91 Å². The summed E-state index contributed by atoms with van der Waals surface area (Å²) < 4.78 is 0. The molecular formula is C12H22N2O2. The minimum absolute atomic E-state index is 0.102. The number of carbonyl (C=O) groups excluding carboxylic acids is 1. The molecule has 2 fully saturated rings. The van der Waals surface area contributed by atoms with Crippen LogP contribution in [-0.4, -0.2) is 36.2 Å². The minimum Gasteiger partial charge on any atom is -0.396 e. The van der Waals surface area contributed by atoms with Gasteiger partial charge in [-0.2, -0.15) is 0 Å². The molecule has 2 rings (SSSR count). The van der Waals surface area contributed by atoms with Gasteiger partial charge in [-0.25, -0.2) is 0 Å². The first kappa shape index (κ1) is 11.9. The molecule has 2 aliphatic rings. The quantitative estimate of drug-likeness (QED) is 0.636. The van der Waals surface area contributed by atoms with Crippen LogP contribution in [0.4, 0.5) is 0 Å². The number of aliphatic hydroxyl groups excluding tert-OH is 1. The molecule has 0 saturated heterocycles. The number of carbonyl (C=O) groups is 1. The van der Waals surface area contributed by atoms with Crippen LogP contribution in [0.5, 0.6) is 0 Å². The Labute approximate surface area is 96.8 Å². The van der Waals surface area contributed by atoms with Gasteiger partial charge in [-0.05, 0) is 31.6 Å². The normalized spacial score (nSPS) is 30.1. The van der Waals surface area contributed by atoms with E-state index >= 15 is 0 Å². The fourth-order valence-corrected chi connectivity index (χ4v) is 2.43. The molecule has 16 heavy (non-hydrogen) atoms. The lowest BCUT2D eigenvalue weighted by Gasteiger charge is -2.30. The van der Waals surface area contributed by atoms with E-state index in [1.54, 1.807) is 0 Å². The summed E-state index contributed by atoms with van der Waals surface area (Å²) >= 11 is 0. The third-order valence-corrected chi connectivity index (χ3v) is 3.61. The molecule has 2 saturated carbocycles. The van der Waals surface area contributed by atoms with Gasteiger partial charge < -0.3 is 15.7 Å². The lowest BCUT2D eigenvalue weighted by Crippen LogP contribution is -2.45. The highest BCUT2D eigenvalue weighted by Crippen LogP contribution is 2.23. The zero-order valence-corrected chi connectivity index (χ0v) is 9.74. The summed E-state index contributed by atoms with van der Waals surface area (Å²) in [6.45, 7) is 0.638. The molecule has 0 bridgehead atoms. The fourth-order valence-electron chi connectivity index (χ4n) is 2.43. The Kier molecular flexibility index (Phi) is 4.18. The summed E-state index contributed by atoms with van der Waals surface area (Å²) in [5, 5.41) is 15.5. The minimum atomic E-state index is 0.102. The third kappa shape index (κ3) is 3.46. The van der Waals surface area contributed by atoms with Crippen molar-refractivity contribution in [3.8, 4) is 0 Å². The predicted octanol–water partition coefficient (Wildman–Crippen LogP) is 0.406. The van der Waals surface area contributed by atoms with Crippen molar-refractivity contribution in [2.24, 2.45) is 5.92 Å². The molecule has 2 aliphatic carbocycles. The Morgan fingerprint density at radius 3 is 2.62 bits per heavy atom. The van der Waals surface area contributed by atoms with Crippen molar-refractivity contribution in [3.05, 3.63) is 0 Å². The molecule has 4 heteroatoms. The molecule has 4 nitrogen and oxygen atoms in total. The highest BCUT2D eigenvalue weighted by molar-refractivity contribution is 5.78. The lowest BCUT2D eigenvalue weighted by atomic mass is 9.85. The Morgan fingerprint density at radius 2 is 1.94 bits per heavy atom. The smallest absolute Gasteiger partial charge is 0.234 e. The molecule has 2 atom stereocenters. The summed E-state index contributed by atoms with van der Waals surface area (Å²) in [5.41, 5.74) is 0. The molecule has 0 aromatic rings. The van der Waals surface area contributed by atoms with Crippen molar-refractivity contribution in [2.45, 2.75) is 50.6 Å². The van der Waals surface area contributed by atoms with E-state index in [1.807, 2.05) is 0 Å². The average Bonchev–Trinajstić information content (AvgIpc) is 3.10. The average molecular weight is 226 g/mol. The molecule has 0 aromatic heterocycles. The molecule has 0 aliphatic heterocycles. The van der Waals surface area contributed by atoms with Gasteiger partial charge in [0.05, 0.1) is 6.54 Å². The molecule has 3 N–H and O–H groups in total. The first-order chi connectivity index (χ1) is 7.79. The molecule has 0 radical (unpaired) electrons. The predicted molar refractivity (Wildman–Crippen MR) is 62.0 cm³/mol. The molecule has 0 spiro atoms. The van der Waals surface area contributed by atoms with E-state index < -0.39 is 0 Å². The highest BCUT2D eigenvalue weighted by Gasteiger charge is 2.26. The Hall–Kier alpha value is -0.610. The van der Waals surface area contributed by atoms with Gasteiger partial charge in [-0.3, -0.25) is 4.79 Å². The van der Waals surface area contributed by atoms with E-state index in [4.69, 9.17) is 0 Å². The molecule has 0 heterocycles. The molecule has 0 aromatic carbocycles. The van der Waals surface area contributed by atoms with Crippen molar-refractivity contribution < 1.29 is 9.90 Å². The van der Waals surface area contributed by atoms with Crippen LogP contribution in [-0.2, 0) is 4.79 Å². The summed E-state index contributed by atoms with van der Waals surface area (Å²) in [4.78, 5) is 11.5. The van der Waals surface area contributed by atoms with Gasteiger partial charge in [0.15, 0.2) is 0 Å². The van der Waals surface area contributed by atoms with Gasteiger partial charge in [0.25, 0.3) is 0 Å². The molecule has 92 valence electrons. The molecule has 1 amide bonds. The van der Waals surface area contributed by atoms with Gasteiger partial charge in [0.2, 0.25) is 5.91 Å². The maximum atomic E-state index is 11.5. The van der Waals surface area contributed by atoms with Crippen molar-refractivity contribution in [2.75, 3.05) is 13.2 Å². The second-order valence-corrected chi connectivity index (χ2v) is 5.06.